The van der Waals surface area contributed by atoms with Crippen molar-refractivity contribution in [1.82, 2.24) is 25.2 Å². The number of methoxy groups -OCH3 is 1. The molecular formula is C29H32FN5O3. The van der Waals surface area contributed by atoms with Gasteiger partial charge < -0.3 is 15.0 Å². The lowest BCUT2D eigenvalue weighted by Crippen LogP contribution is -2.45. The lowest BCUT2D eigenvalue weighted by molar-refractivity contribution is -0.142. The molecule has 0 aliphatic rings. The highest BCUT2D eigenvalue weighted by atomic mass is 19.1. The van der Waals surface area contributed by atoms with Crippen molar-refractivity contribution < 1.29 is 18.7 Å². The van der Waals surface area contributed by atoms with Crippen molar-refractivity contribution in [3.05, 3.63) is 89.7 Å². The largest absolute Gasteiger partial charge is 0.496 e. The molecular weight excluding hydrogens is 485 g/mol. The predicted molar refractivity (Wildman–Crippen MR) is 143 cm³/mol. The molecule has 198 valence electrons. The number of halogens is 1. The third-order valence-corrected chi connectivity index (χ3v) is 6.33. The smallest absolute Gasteiger partial charge is 0.247 e. The Balaban J connectivity index is 1.74. The van der Waals surface area contributed by atoms with Crippen LogP contribution in [0.2, 0.25) is 0 Å². The van der Waals surface area contributed by atoms with Crippen molar-refractivity contribution in [2.45, 2.75) is 39.4 Å². The number of nitrogens with one attached hydrogen (secondary N) is 1. The van der Waals surface area contributed by atoms with Crippen LogP contribution >= 0.6 is 0 Å². The van der Waals surface area contributed by atoms with Gasteiger partial charge in [-0.15, -0.1) is 5.10 Å². The number of rotatable bonds is 11. The summed E-state index contributed by atoms with van der Waals surface area (Å²) in [5.41, 5.74) is 2.60. The highest BCUT2D eigenvalue weighted by molar-refractivity contribution is 5.89. The van der Waals surface area contributed by atoms with Crippen molar-refractivity contribution >= 4 is 22.8 Å². The summed E-state index contributed by atoms with van der Waals surface area (Å²) < 4.78 is 20.9. The van der Waals surface area contributed by atoms with Gasteiger partial charge in [0.05, 0.1) is 19.2 Å². The van der Waals surface area contributed by atoms with E-state index in [1.807, 2.05) is 42.5 Å². The summed E-state index contributed by atoms with van der Waals surface area (Å²) in [5, 5.41) is 11.3. The van der Waals surface area contributed by atoms with Gasteiger partial charge in [0.25, 0.3) is 0 Å². The molecule has 0 radical (unpaired) electrons. The van der Waals surface area contributed by atoms with E-state index in [1.54, 1.807) is 13.2 Å². The van der Waals surface area contributed by atoms with Crippen LogP contribution in [0.1, 0.15) is 37.4 Å². The summed E-state index contributed by atoms with van der Waals surface area (Å²) in [7, 11) is 1.56. The topological polar surface area (TPSA) is 89.3 Å². The zero-order valence-corrected chi connectivity index (χ0v) is 21.8. The number of amides is 2. The summed E-state index contributed by atoms with van der Waals surface area (Å²) in [6.07, 6.45) is 0.785. The van der Waals surface area contributed by atoms with E-state index in [4.69, 9.17) is 4.74 Å². The van der Waals surface area contributed by atoms with E-state index in [2.05, 4.69) is 29.5 Å². The average molecular weight is 518 g/mol. The second-order valence-electron chi connectivity index (χ2n) is 9.50. The molecule has 0 fully saturated rings. The Bertz CT molecular complexity index is 1390. The molecule has 1 N–H and O–H groups in total. The molecule has 2 amide bonds. The number of benzene rings is 3. The van der Waals surface area contributed by atoms with Gasteiger partial charge in [-0.3, -0.25) is 9.59 Å². The molecule has 0 bridgehead atoms. The Kier molecular flexibility index (Phi) is 8.68. The summed E-state index contributed by atoms with van der Waals surface area (Å²) >= 11 is 0. The molecule has 4 aromatic rings. The summed E-state index contributed by atoms with van der Waals surface area (Å²) in [4.78, 5) is 29.1. The van der Waals surface area contributed by atoms with Gasteiger partial charge in [0, 0.05) is 12.1 Å². The monoisotopic (exact) mass is 517 g/mol. The maximum atomic E-state index is 14.0. The van der Waals surface area contributed by atoms with Crippen molar-refractivity contribution in [1.29, 1.82) is 0 Å². The van der Waals surface area contributed by atoms with Gasteiger partial charge in [0.1, 0.15) is 29.7 Å². The van der Waals surface area contributed by atoms with Gasteiger partial charge in [-0.05, 0) is 48.2 Å². The first-order chi connectivity index (χ1) is 18.4. The van der Waals surface area contributed by atoms with E-state index in [9.17, 15) is 14.0 Å². The van der Waals surface area contributed by atoms with Crippen LogP contribution in [0, 0.1) is 11.7 Å². The van der Waals surface area contributed by atoms with Crippen LogP contribution in [-0.4, -0.2) is 45.4 Å². The fraction of sp³-hybridized carbons (Fsp3) is 0.310. The van der Waals surface area contributed by atoms with E-state index in [0.29, 0.717) is 34.8 Å². The Morgan fingerprint density at radius 1 is 1.03 bits per heavy atom. The minimum atomic E-state index is -1.00. The van der Waals surface area contributed by atoms with Crippen LogP contribution in [-0.2, 0) is 22.7 Å². The number of para-hydroxylation sites is 2. The first-order valence-corrected chi connectivity index (χ1v) is 12.6. The first kappa shape index (κ1) is 26.8. The van der Waals surface area contributed by atoms with E-state index < -0.39 is 11.9 Å². The normalized spacial score (nSPS) is 11.9. The van der Waals surface area contributed by atoms with Crippen LogP contribution in [0.15, 0.2) is 72.8 Å². The number of carbonyl (C=O) groups is 2. The number of fused-ring (bicyclic) bond motifs is 1. The Hall–Kier alpha value is -4.27. The molecule has 0 saturated carbocycles. The van der Waals surface area contributed by atoms with Gasteiger partial charge in [-0.25, -0.2) is 9.07 Å². The zero-order valence-electron chi connectivity index (χ0n) is 21.8. The Labute approximate surface area is 221 Å². The van der Waals surface area contributed by atoms with Crippen molar-refractivity contribution in [3.8, 4) is 5.75 Å². The van der Waals surface area contributed by atoms with Crippen LogP contribution < -0.4 is 10.1 Å². The van der Waals surface area contributed by atoms with Crippen LogP contribution in [0.3, 0.4) is 0 Å². The van der Waals surface area contributed by atoms with Crippen molar-refractivity contribution in [2.75, 3.05) is 13.7 Å². The second kappa shape index (κ2) is 12.3. The molecule has 0 aliphatic heterocycles. The van der Waals surface area contributed by atoms with Crippen molar-refractivity contribution in [3.63, 3.8) is 0 Å². The number of carbonyl (C=O) groups excluding carboxylic acids is 2. The summed E-state index contributed by atoms with van der Waals surface area (Å²) in [6.45, 7) is 4.56. The molecule has 1 heterocycles. The number of aromatic nitrogens is 3. The quantitative estimate of drug-likeness (QED) is 0.316. The van der Waals surface area contributed by atoms with Crippen LogP contribution in [0.4, 0.5) is 4.39 Å². The molecule has 8 nitrogen and oxygen atoms in total. The van der Waals surface area contributed by atoms with E-state index in [1.165, 1.54) is 33.8 Å². The number of hydrogen-bond donors (Lipinski definition) is 1. The van der Waals surface area contributed by atoms with Gasteiger partial charge in [-0.1, -0.05) is 61.5 Å². The molecule has 1 aromatic heterocycles. The number of hydrogen-bond acceptors (Lipinski definition) is 5. The third-order valence-electron chi connectivity index (χ3n) is 6.33. The molecule has 4 rings (SSSR count). The van der Waals surface area contributed by atoms with E-state index in [-0.39, 0.29) is 24.9 Å². The fourth-order valence-electron chi connectivity index (χ4n) is 4.29. The fourth-order valence-corrected chi connectivity index (χ4v) is 4.29. The molecule has 3 aromatic carbocycles. The minimum Gasteiger partial charge on any atom is -0.496 e. The molecule has 38 heavy (non-hydrogen) atoms. The van der Waals surface area contributed by atoms with Crippen molar-refractivity contribution in [2.24, 2.45) is 5.92 Å². The standard InChI is InChI=1S/C29H32FN5O3/c1-20(2)16-17-31-29(37)28(21-12-14-23(30)15-13-21)34(18-22-8-4-7-11-26(22)38-3)27(36)19-35-25-10-6-5-9-24(25)32-33-35/h4-15,20,28H,16-19H2,1-3H3,(H,31,37). The Morgan fingerprint density at radius 3 is 2.47 bits per heavy atom. The first-order valence-electron chi connectivity index (χ1n) is 12.6. The SMILES string of the molecule is COc1ccccc1CN(C(=O)Cn1nnc2ccccc21)C(C(=O)NCCC(C)C)c1ccc(F)cc1. The van der Waals surface area contributed by atoms with E-state index in [0.717, 1.165) is 12.0 Å². The maximum absolute atomic E-state index is 14.0. The lowest BCUT2D eigenvalue weighted by atomic mass is 10.0. The maximum Gasteiger partial charge on any atom is 0.247 e. The zero-order chi connectivity index (χ0) is 27.1. The molecule has 0 aliphatic carbocycles. The second-order valence-corrected chi connectivity index (χ2v) is 9.50. The van der Waals surface area contributed by atoms with Gasteiger partial charge in [-0.2, -0.15) is 0 Å². The highest BCUT2D eigenvalue weighted by Gasteiger charge is 2.32. The Morgan fingerprint density at radius 2 is 1.74 bits per heavy atom. The number of ether oxygens (including phenoxy) is 1. The third kappa shape index (κ3) is 6.34. The van der Waals surface area contributed by atoms with Gasteiger partial charge >= 0.3 is 0 Å². The minimum absolute atomic E-state index is 0.0924. The summed E-state index contributed by atoms with van der Waals surface area (Å²) in [6, 6.07) is 19.4. The molecule has 9 heteroatoms. The van der Waals surface area contributed by atoms with Crippen LogP contribution in [0.25, 0.3) is 11.0 Å². The number of nitrogens with zero attached hydrogens (tertiary/aromatic N) is 4. The highest BCUT2D eigenvalue weighted by Crippen LogP contribution is 2.28. The van der Waals surface area contributed by atoms with Gasteiger partial charge in [0.2, 0.25) is 11.8 Å². The van der Waals surface area contributed by atoms with Gasteiger partial charge in [0.15, 0.2) is 0 Å². The molecule has 0 saturated heterocycles. The predicted octanol–water partition coefficient (Wildman–Crippen LogP) is 4.51. The molecule has 1 unspecified atom stereocenters. The molecule has 0 spiro atoms. The van der Waals surface area contributed by atoms with E-state index >= 15 is 0 Å². The average Bonchev–Trinajstić information content (AvgIpc) is 3.32. The summed E-state index contributed by atoms with van der Waals surface area (Å²) in [5.74, 6) is -0.130. The molecule has 1 atom stereocenters. The lowest BCUT2D eigenvalue weighted by Gasteiger charge is -2.32. The van der Waals surface area contributed by atoms with Crippen LogP contribution in [0.5, 0.6) is 5.75 Å².